The molecule has 3 aromatic rings. The van der Waals surface area contributed by atoms with Gasteiger partial charge in [0.1, 0.15) is 16.8 Å². The van der Waals surface area contributed by atoms with Crippen molar-refractivity contribution in [2.45, 2.75) is 65.2 Å². The van der Waals surface area contributed by atoms with Gasteiger partial charge in [0.2, 0.25) is 0 Å². The third-order valence-electron chi connectivity index (χ3n) is 6.11. The van der Waals surface area contributed by atoms with E-state index in [0.29, 0.717) is 21.8 Å². The largest absolute Gasteiger partial charge is 0.507 e. The van der Waals surface area contributed by atoms with Crippen molar-refractivity contribution in [3.63, 3.8) is 0 Å². The van der Waals surface area contributed by atoms with E-state index in [0.717, 1.165) is 29.5 Å². The zero-order chi connectivity index (χ0) is 20.0. The van der Waals surface area contributed by atoms with Gasteiger partial charge in [-0.25, -0.2) is 0 Å². The molecule has 1 aromatic heterocycles. The minimum Gasteiger partial charge on any atom is -0.507 e. The van der Waals surface area contributed by atoms with Crippen LogP contribution in [0.5, 0.6) is 5.75 Å². The minimum atomic E-state index is -0.150. The highest BCUT2D eigenvalue weighted by Crippen LogP contribution is 2.46. The van der Waals surface area contributed by atoms with E-state index in [9.17, 15) is 5.11 Å². The molecule has 0 fully saturated rings. The van der Waals surface area contributed by atoms with Gasteiger partial charge < -0.3 is 5.11 Å². The number of halogens is 1. The van der Waals surface area contributed by atoms with E-state index in [1.165, 1.54) is 5.56 Å². The third kappa shape index (κ3) is 3.31. The van der Waals surface area contributed by atoms with Gasteiger partial charge in [0, 0.05) is 16.7 Å². The second kappa shape index (κ2) is 6.83. The molecule has 3 rings (SSSR count). The van der Waals surface area contributed by atoms with E-state index in [1.54, 1.807) is 0 Å². The quantitative estimate of drug-likeness (QED) is 0.537. The van der Waals surface area contributed by atoms with Gasteiger partial charge in [0.15, 0.2) is 0 Å². The van der Waals surface area contributed by atoms with Crippen molar-refractivity contribution in [1.29, 1.82) is 0 Å². The van der Waals surface area contributed by atoms with Crippen LogP contribution in [-0.4, -0.2) is 20.5 Å². The first-order valence-corrected chi connectivity index (χ1v) is 9.87. The Balaban J connectivity index is 2.35. The highest BCUT2D eigenvalue weighted by molar-refractivity contribution is 6.37. The zero-order valence-corrected chi connectivity index (χ0v) is 17.7. The summed E-state index contributed by atoms with van der Waals surface area (Å²) in [6.45, 7) is 13.1. The molecule has 0 spiro atoms. The Labute approximate surface area is 166 Å². The highest BCUT2D eigenvalue weighted by atomic mass is 35.5. The van der Waals surface area contributed by atoms with Gasteiger partial charge in [0.05, 0.1) is 5.02 Å². The molecule has 0 aliphatic carbocycles. The molecule has 0 saturated heterocycles. The number of aromatic nitrogens is 3. The zero-order valence-electron chi connectivity index (χ0n) is 16.9. The lowest BCUT2D eigenvalue weighted by atomic mass is 9.74. The number of aromatic amines is 1. The van der Waals surface area contributed by atoms with Crippen LogP contribution in [0.1, 0.15) is 65.5 Å². The number of rotatable bonds is 5. The normalized spacial score (nSPS) is 12.7. The standard InChI is InChI=1S/C22H28ClN3O/c1-7-21(3,4)13-11-15(20(27)16(12-13)22(5,6)8-2)14-9-10-17-19(18(14)23)25-26-24-17/h9-12,27H,7-8H2,1-6H3,(H,24,25,26). The topological polar surface area (TPSA) is 61.8 Å². The number of nitrogens with zero attached hydrogens (tertiary/aromatic N) is 2. The molecule has 5 heteroatoms. The van der Waals surface area contributed by atoms with Crippen LogP contribution in [0.25, 0.3) is 22.2 Å². The summed E-state index contributed by atoms with van der Waals surface area (Å²) < 4.78 is 0. The lowest BCUT2D eigenvalue weighted by molar-refractivity contribution is 0.426. The molecule has 2 aromatic carbocycles. The van der Waals surface area contributed by atoms with E-state index < -0.39 is 0 Å². The number of hydrogen-bond acceptors (Lipinski definition) is 3. The van der Waals surface area contributed by atoms with E-state index in [1.807, 2.05) is 12.1 Å². The Kier molecular flexibility index (Phi) is 4.98. The summed E-state index contributed by atoms with van der Waals surface area (Å²) in [5.74, 6) is 0.294. The SMILES string of the molecule is CCC(C)(C)c1cc(-c2ccc3n[nH]nc3c2Cl)c(O)c(C(C)(C)CC)c1. The summed E-state index contributed by atoms with van der Waals surface area (Å²) >= 11 is 6.66. The second-order valence-electron chi connectivity index (χ2n) is 8.51. The fraction of sp³-hybridized carbons (Fsp3) is 0.455. The molecule has 4 nitrogen and oxygen atoms in total. The number of aromatic hydroxyl groups is 1. The van der Waals surface area contributed by atoms with Crippen molar-refractivity contribution in [3.05, 3.63) is 40.4 Å². The Morgan fingerprint density at radius 1 is 0.963 bits per heavy atom. The smallest absolute Gasteiger partial charge is 0.132 e. The van der Waals surface area contributed by atoms with Gasteiger partial charge in [-0.15, -0.1) is 0 Å². The van der Waals surface area contributed by atoms with Gasteiger partial charge in [-0.3, -0.25) is 0 Å². The summed E-state index contributed by atoms with van der Waals surface area (Å²) in [6, 6.07) is 8.02. The fourth-order valence-corrected chi connectivity index (χ4v) is 3.53. The molecule has 1 heterocycles. The monoisotopic (exact) mass is 385 g/mol. The first-order chi connectivity index (χ1) is 12.6. The van der Waals surface area contributed by atoms with Crippen LogP contribution in [0.4, 0.5) is 0 Å². The molecule has 0 aliphatic heterocycles. The molecule has 27 heavy (non-hydrogen) atoms. The second-order valence-corrected chi connectivity index (χ2v) is 8.89. The molecule has 0 bridgehead atoms. The maximum absolute atomic E-state index is 11.2. The van der Waals surface area contributed by atoms with Gasteiger partial charge >= 0.3 is 0 Å². The lowest BCUT2D eigenvalue weighted by Crippen LogP contribution is -2.20. The van der Waals surface area contributed by atoms with Crippen molar-refractivity contribution < 1.29 is 5.11 Å². The first-order valence-electron chi connectivity index (χ1n) is 9.49. The summed E-state index contributed by atoms with van der Waals surface area (Å²) in [5.41, 5.74) is 4.85. The maximum Gasteiger partial charge on any atom is 0.132 e. The maximum atomic E-state index is 11.2. The van der Waals surface area contributed by atoms with Gasteiger partial charge in [-0.2, -0.15) is 15.4 Å². The van der Waals surface area contributed by atoms with Gasteiger partial charge in [-0.05, 0) is 41.4 Å². The summed E-state index contributed by atoms with van der Waals surface area (Å²) in [7, 11) is 0. The van der Waals surface area contributed by atoms with Crippen molar-refractivity contribution in [2.75, 3.05) is 0 Å². The minimum absolute atomic E-state index is 0.00844. The fourth-order valence-electron chi connectivity index (χ4n) is 3.23. The molecular weight excluding hydrogens is 358 g/mol. The number of fused-ring (bicyclic) bond motifs is 1. The number of hydrogen-bond donors (Lipinski definition) is 2. The number of nitrogens with one attached hydrogen (secondary N) is 1. The number of phenolic OH excluding ortho intramolecular Hbond substituents is 1. The van der Waals surface area contributed by atoms with Crippen LogP contribution in [0.2, 0.25) is 5.02 Å². The van der Waals surface area contributed by atoms with Crippen molar-refractivity contribution in [3.8, 4) is 16.9 Å². The lowest BCUT2D eigenvalue weighted by Gasteiger charge is -2.31. The summed E-state index contributed by atoms with van der Waals surface area (Å²) in [5, 5.41) is 22.6. The van der Waals surface area contributed by atoms with Crippen molar-refractivity contribution in [2.24, 2.45) is 0 Å². The number of phenols is 1. The van der Waals surface area contributed by atoms with Crippen molar-refractivity contribution in [1.82, 2.24) is 15.4 Å². The van der Waals surface area contributed by atoms with Crippen LogP contribution < -0.4 is 0 Å². The highest BCUT2D eigenvalue weighted by Gasteiger charge is 2.29. The first kappa shape index (κ1) is 19.7. The van der Waals surface area contributed by atoms with E-state index in [4.69, 9.17) is 11.6 Å². The molecular formula is C22H28ClN3O. The van der Waals surface area contributed by atoms with E-state index in [-0.39, 0.29) is 10.8 Å². The van der Waals surface area contributed by atoms with Crippen LogP contribution in [-0.2, 0) is 10.8 Å². The van der Waals surface area contributed by atoms with Crippen LogP contribution >= 0.6 is 11.6 Å². The Hall–Kier alpha value is -2.07. The average molecular weight is 386 g/mol. The summed E-state index contributed by atoms with van der Waals surface area (Å²) in [4.78, 5) is 0. The molecule has 144 valence electrons. The molecule has 0 amide bonds. The third-order valence-corrected chi connectivity index (χ3v) is 6.49. The van der Waals surface area contributed by atoms with Gasteiger partial charge in [-0.1, -0.05) is 65.3 Å². The Bertz CT molecular complexity index is 989. The summed E-state index contributed by atoms with van der Waals surface area (Å²) in [6.07, 6.45) is 1.92. The van der Waals surface area contributed by atoms with Crippen molar-refractivity contribution >= 4 is 22.6 Å². The average Bonchev–Trinajstić information content (AvgIpc) is 3.12. The number of benzene rings is 2. The molecule has 0 radical (unpaired) electrons. The van der Waals surface area contributed by atoms with Crippen LogP contribution in [0.3, 0.4) is 0 Å². The predicted molar refractivity (Wildman–Crippen MR) is 113 cm³/mol. The predicted octanol–water partition coefficient (Wildman–Crippen LogP) is 6.36. The Morgan fingerprint density at radius 2 is 1.63 bits per heavy atom. The van der Waals surface area contributed by atoms with E-state index >= 15 is 0 Å². The molecule has 0 aliphatic rings. The van der Waals surface area contributed by atoms with E-state index in [2.05, 4.69) is 69.1 Å². The number of H-pyrrole nitrogens is 1. The van der Waals surface area contributed by atoms with Crippen LogP contribution in [0.15, 0.2) is 24.3 Å². The van der Waals surface area contributed by atoms with Gasteiger partial charge in [0.25, 0.3) is 0 Å². The molecule has 2 N–H and O–H groups in total. The molecule has 0 unspecified atom stereocenters. The molecule has 0 atom stereocenters. The molecule has 0 saturated carbocycles. The van der Waals surface area contributed by atoms with Crippen LogP contribution in [0, 0.1) is 0 Å². The Morgan fingerprint density at radius 3 is 2.26 bits per heavy atom.